The molecule has 2 rings (SSSR count). The van der Waals surface area contributed by atoms with E-state index in [2.05, 4.69) is 0 Å². The predicted octanol–water partition coefficient (Wildman–Crippen LogP) is 2.92. The summed E-state index contributed by atoms with van der Waals surface area (Å²) in [7, 11) is 0. The van der Waals surface area contributed by atoms with E-state index in [9.17, 15) is 8.78 Å². The summed E-state index contributed by atoms with van der Waals surface area (Å²) in [4.78, 5) is 0. The fourth-order valence-corrected chi connectivity index (χ4v) is 2.16. The molecule has 1 aromatic rings. The zero-order valence-electron chi connectivity index (χ0n) is 8.41. The molecule has 0 amide bonds. The molecule has 1 aromatic carbocycles. The quantitative estimate of drug-likeness (QED) is 0.779. The van der Waals surface area contributed by atoms with Crippen molar-refractivity contribution in [2.45, 2.75) is 25.2 Å². The molecule has 15 heavy (non-hydrogen) atoms. The molecule has 2 N–H and O–H groups in total. The highest BCUT2D eigenvalue weighted by Crippen LogP contribution is 2.50. The lowest BCUT2D eigenvalue weighted by Crippen LogP contribution is -2.23. The number of hydrogen-bond donors (Lipinski definition) is 1. The van der Waals surface area contributed by atoms with E-state index in [0.717, 1.165) is 12.8 Å². The van der Waals surface area contributed by atoms with Crippen molar-refractivity contribution in [1.82, 2.24) is 0 Å². The highest BCUT2D eigenvalue weighted by Gasteiger charge is 2.47. The molecular formula is C11H12ClF2N. The van der Waals surface area contributed by atoms with Gasteiger partial charge in [-0.25, -0.2) is 8.78 Å². The summed E-state index contributed by atoms with van der Waals surface area (Å²) < 4.78 is 27.5. The highest BCUT2D eigenvalue weighted by atomic mass is 35.5. The van der Waals surface area contributed by atoms with Crippen LogP contribution < -0.4 is 5.73 Å². The van der Waals surface area contributed by atoms with Crippen LogP contribution in [-0.4, -0.2) is 6.54 Å². The summed E-state index contributed by atoms with van der Waals surface area (Å²) in [6.07, 6.45) is 1.47. The van der Waals surface area contributed by atoms with Crippen LogP contribution >= 0.6 is 11.6 Å². The maximum absolute atomic E-state index is 13.8. The first-order valence-corrected chi connectivity index (χ1v) is 5.24. The van der Waals surface area contributed by atoms with Gasteiger partial charge in [-0.2, -0.15) is 0 Å². The topological polar surface area (TPSA) is 26.0 Å². The number of benzene rings is 1. The molecule has 1 saturated carbocycles. The summed E-state index contributed by atoms with van der Waals surface area (Å²) in [5.74, 6) is -1.15. The van der Waals surface area contributed by atoms with Gasteiger partial charge in [-0.15, -0.1) is 0 Å². The van der Waals surface area contributed by atoms with Gasteiger partial charge in [-0.05, 0) is 31.4 Å². The molecule has 0 spiro atoms. The molecule has 1 aliphatic carbocycles. The normalized spacial score (nSPS) is 17.9. The molecule has 1 nitrogen and oxygen atoms in total. The molecule has 4 heteroatoms. The van der Waals surface area contributed by atoms with Crippen LogP contribution in [0.5, 0.6) is 0 Å². The van der Waals surface area contributed by atoms with E-state index >= 15 is 0 Å². The van der Waals surface area contributed by atoms with Gasteiger partial charge in [-0.3, -0.25) is 0 Å². The van der Waals surface area contributed by atoms with Gasteiger partial charge < -0.3 is 5.73 Å². The molecule has 0 radical (unpaired) electrons. The Hall–Kier alpha value is -0.670. The van der Waals surface area contributed by atoms with Crippen molar-refractivity contribution >= 4 is 11.6 Å². The van der Waals surface area contributed by atoms with Crippen LogP contribution in [0.3, 0.4) is 0 Å². The molecule has 0 bridgehead atoms. The highest BCUT2D eigenvalue weighted by molar-refractivity contribution is 6.30. The molecule has 0 saturated heterocycles. The molecular weight excluding hydrogens is 220 g/mol. The molecule has 1 aliphatic rings. The molecule has 0 atom stereocenters. The number of nitrogens with two attached hydrogens (primary N) is 1. The second-order valence-electron chi connectivity index (χ2n) is 4.16. The molecule has 0 aliphatic heterocycles. The fourth-order valence-electron chi connectivity index (χ4n) is 1.90. The number of rotatable bonds is 2. The third kappa shape index (κ3) is 1.54. The van der Waals surface area contributed by atoms with E-state index in [1.807, 2.05) is 0 Å². The Labute approximate surface area is 92.2 Å². The molecule has 0 aromatic heterocycles. The van der Waals surface area contributed by atoms with E-state index in [1.165, 1.54) is 6.07 Å². The molecule has 1 fully saturated rings. The van der Waals surface area contributed by atoms with Crippen LogP contribution in [-0.2, 0) is 5.41 Å². The van der Waals surface area contributed by atoms with Gasteiger partial charge in [-0.1, -0.05) is 11.6 Å². The second-order valence-corrected chi connectivity index (χ2v) is 4.57. The van der Waals surface area contributed by atoms with Gasteiger partial charge in [0.15, 0.2) is 0 Å². The standard InChI is InChI=1S/C11H12ClF2N/c1-6-4-7(12)10(14)8(9(6)13)11(5-15)2-3-11/h4H,2-3,5,15H2,1H3. The maximum atomic E-state index is 13.8. The zero-order chi connectivity index (χ0) is 11.2. The average molecular weight is 232 g/mol. The summed E-state index contributed by atoms with van der Waals surface area (Å²) in [6.45, 7) is 1.84. The van der Waals surface area contributed by atoms with Gasteiger partial charge in [0.05, 0.1) is 5.02 Å². The fraction of sp³-hybridized carbons (Fsp3) is 0.455. The SMILES string of the molecule is Cc1cc(Cl)c(F)c(C2(CN)CC2)c1F. The van der Waals surface area contributed by atoms with Crippen LogP contribution in [0.2, 0.25) is 5.02 Å². The first-order chi connectivity index (χ1) is 7.02. The Morgan fingerprint density at radius 1 is 1.40 bits per heavy atom. The first-order valence-electron chi connectivity index (χ1n) is 4.86. The largest absolute Gasteiger partial charge is 0.330 e. The Morgan fingerprint density at radius 2 is 2.00 bits per heavy atom. The summed E-state index contributed by atoms with van der Waals surface area (Å²) in [5.41, 5.74) is 5.50. The van der Waals surface area contributed by atoms with Crippen molar-refractivity contribution < 1.29 is 8.78 Å². The van der Waals surface area contributed by atoms with E-state index in [0.29, 0.717) is 5.56 Å². The summed E-state index contributed by atoms with van der Waals surface area (Å²) >= 11 is 5.70. The number of halogens is 3. The third-order valence-corrected chi connectivity index (χ3v) is 3.39. The Kier molecular flexibility index (Phi) is 2.47. The number of hydrogen-bond acceptors (Lipinski definition) is 1. The summed E-state index contributed by atoms with van der Waals surface area (Å²) in [6, 6.07) is 1.31. The minimum atomic E-state index is -0.650. The Bertz CT molecular complexity index is 387. The van der Waals surface area contributed by atoms with Gasteiger partial charge in [0.2, 0.25) is 0 Å². The predicted molar refractivity (Wildman–Crippen MR) is 56.1 cm³/mol. The van der Waals surface area contributed by atoms with E-state index in [1.54, 1.807) is 6.92 Å². The van der Waals surface area contributed by atoms with Gasteiger partial charge in [0.25, 0.3) is 0 Å². The molecule has 0 heterocycles. The van der Waals surface area contributed by atoms with E-state index < -0.39 is 17.0 Å². The monoisotopic (exact) mass is 231 g/mol. The van der Waals surface area contributed by atoms with E-state index in [-0.39, 0.29) is 17.1 Å². The lowest BCUT2D eigenvalue weighted by Gasteiger charge is -2.17. The average Bonchev–Trinajstić information content (AvgIpc) is 2.96. The van der Waals surface area contributed by atoms with Crippen LogP contribution in [0.15, 0.2) is 6.07 Å². The lowest BCUT2D eigenvalue weighted by molar-refractivity contribution is 0.513. The first kappa shape index (κ1) is 10.8. The van der Waals surface area contributed by atoms with Crippen LogP contribution in [0.25, 0.3) is 0 Å². The van der Waals surface area contributed by atoms with Crippen molar-refractivity contribution in [1.29, 1.82) is 0 Å². The Balaban J connectivity index is 2.64. The van der Waals surface area contributed by atoms with Crippen molar-refractivity contribution in [3.8, 4) is 0 Å². The second kappa shape index (κ2) is 3.42. The van der Waals surface area contributed by atoms with Gasteiger partial charge in [0, 0.05) is 17.5 Å². The van der Waals surface area contributed by atoms with E-state index in [4.69, 9.17) is 17.3 Å². The van der Waals surface area contributed by atoms with Gasteiger partial charge in [0.1, 0.15) is 11.6 Å². The molecule has 0 unspecified atom stereocenters. The minimum Gasteiger partial charge on any atom is -0.330 e. The Morgan fingerprint density at radius 3 is 2.47 bits per heavy atom. The van der Waals surface area contributed by atoms with Crippen LogP contribution in [0.1, 0.15) is 24.0 Å². The summed E-state index contributed by atoms with van der Waals surface area (Å²) in [5, 5.41) is -0.0244. The van der Waals surface area contributed by atoms with Crippen LogP contribution in [0.4, 0.5) is 8.78 Å². The molecule has 82 valence electrons. The minimum absolute atomic E-state index is 0.0244. The smallest absolute Gasteiger partial charge is 0.148 e. The van der Waals surface area contributed by atoms with Crippen LogP contribution in [0, 0.1) is 18.6 Å². The van der Waals surface area contributed by atoms with Crippen molar-refractivity contribution in [2.24, 2.45) is 5.73 Å². The van der Waals surface area contributed by atoms with Crippen molar-refractivity contribution in [2.75, 3.05) is 6.54 Å². The maximum Gasteiger partial charge on any atom is 0.148 e. The third-order valence-electron chi connectivity index (χ3n) is 3.11. The van der Waals surface area contributed by atoms with Crippen molar-refractivity contribution in [3.63, 3.8) is 0 Å². The number of aryl methyl sites for hydroxylation is 1. The zero-order valence-corrected chi connectivity index (χ0v) is 9.17. The van der Waals surface area contributed by atoms with Gasteiger partial charge >= 0.3 is 0 Å². The lowest BCUT2D eigenvalue weighted by atomic mass is 9.93. The van der Waals surface area contributed by atoms with Crippen molar-refractivity contribution in [3.05, 3.63) is 33.9 Å².